The fourth-order valence-electron chi connectivity index (χ4n) is 3.80. The molecule has 0 bridgehead atoms. The lowest BCUT2D eigenvalue weighted by Gasteiger charge is -2.16. The van der Waals surface area contributed by atoms with E-state index in [9.17, 15) is 14.4 Å². The van der Waals surface area contributed by atoms with Crippen molar-refractivity contribution in [1.82, 2.24) is 15.6 Å². The van der Waals surface area contributed by atoms with Crippen LogP contribution in [0.15, 0.2) is 54.7 Å². The van der Waals surface area contributed by atoms with Crippen LogP contribution < -0.4 is 15.5 Å². The predicted molar refractivity (Wildman–Crippen MR) is 120 cm³/mol. The highest BCUT2D eigenvalue weighted by molar-refractivity contribution is 6.30. The highest BCUT2D eigenvalue weighted by atomic mass is 35.5. The summed E-state index contributed by atoms with van der Waals surface area (Å²) in [5, 5.41) is 7.26. The van der Waals surface area contributed by atoms with Gasteiger partial charge in [0.15, 0.2) is 0 Å². The molecule has 0 aliphatic carbocycles. The monoisotopic (exact) mass is 438 g/mol. The van der Waals surface area contributed by atoms with Crippen molar-refractivity contribution < 1.29 is 14.4 Å². The summed E-state index contributed by atoms with van der Waals surface area (Å²) in [6.07, 6.45) is 2.28. The maximum Gasteiger partial charge on any atom is 0.227 e. The average molecular weight is 439 g/mol. The van der Waals surface area contributed by atoms with E-state index in [1.807, 2.05) is 30.5 Å². The summed E-state index contributed by atoms with van der Waals surface area (Å²) >= 11 is 5.89. The number of nitrogens with zero attached hydrogens (tertiary/aromatic N) is 1. The third kappa shape index (κ3) is 4.88. The first-order valence-corrected chi connectivity index (χ1v) is 10.5. The van der Waals surface area contributed by atoms with Crippen LogP contribution in [0.25, 0.3) is 10.9 Å². The summed E-state index contributed by atoms with van der Waals surface area (Å²) in [5.74, 6) is -0.792. The number of fused-ring (bicyclic) bond motifs is 1. The molecule has 1 saturated heterocycles. The first-order chi connectivity index (χ1) is 15.0. The Morgan fingerprint density at radius 3 is 2.61 bits per heavy atom. The molecule has 8 heteroatoms. The number of benzene rings is 2. The van der Waals surface area contributed by atoms with E-state index < -0.39 is 5.92 Å². The number of anilines is 1. The third-order valence-corrected chi connectivity index (χ3v) is 5.66. The Morgan fingerprint density at radius 2 is 1.81 bits per heavy atom. The lowest BCUT2D eigenvalue weighted by atomic mass is 10.1. The number of hydrogen-bond donors (Lipinski definition) is 3. The van der Waals surface area contributed by atoms with Gasteiger partial charge in [0.1, 0.15) is 0 Å². The number of aromatic nitrogens is 1. The summed E-state index contributed by atoms with van der Waals surface area (Å²) in [4.78, 5) is 41.7. The highest BCUT2D eigenvalue weighted by Gasteiger charge is 2.34. The molecule has 2 aromatic carbocycles. The Bertz CT molecular complexity index is 1110. The molecule has 3 aromatic rings. The minimum Gasteiger partial charge on any atom is -0.361 e. The smallest absolute Gasteiger partial charge is 0.227 e. The Balaban J connectivity index is 1.21. The predicted octanol–water partition coefficient (Wildman–Crippen LogP) is 2.65. The molecular weight excluding hydrogens is 416 g/mol. The van der Waals surface area contributed by atoms with Crippen molar-refractivity contribution in [3.63, 3.8) is 0 Å². The second-order valence-electron chi connectivity index (χ2n) is 7.56. The lowest BCUT2D eigenvalue weighted by Crippen LogP contribution is -2.38. The molecule has 1 aliphatic rings. The zero-order chi connectivity index (χ0) is 21.8. The zero-order valence-electron chi connectivity index (χ0n) is 16.9. The molecule has 0 radical (unpaired) electrons. The molecule has 31 heavy (non-hydrogen) atoms. The largest absolute Gasteiger partial charge is 0.361 e. The molecule has 1 unspecified atom stereocenters. The van der Waals surface area contributed by atoms with Gasteiger partial charge in [-0.15, -0.1) is 0 Å². The summed E-state index contributed by atoms with van der Waals surface area (Å²) < 4.78 is 0. The van der Waals surface area contributed by atoms with Gasteiger partial charge in [-0.1, -0.05) is 29.8 Å². The summed E-state index contributed by atoms with van der Waals surface area (Å²) in [6.45, 7) is 0.970. The molecule has 1 aromatic heterocycles. The van der Waals surface area contributed by atoms with Gasteiger partial charge in [-0.25, -0.2) is 0 Å². The molecule has 2 heterocycles. The minimum absolute atomic E-state index is 0.0884. The van der Waals surface area contributed by atoms with Gasteiger partial charge in [0.2, 0.25) is 17.7 Å². The molecular formula is C23H23ClN4O3. The van der Waals surface area contributed by atoms with E-state index in [0.29, 0.717) is 24.7 Å². The third-order valence-electron chi connectivity index (χ3n) is 5.41. The first-order valence-electron chi connectivity index (χ1n) is 10.2. The number of H-pyrrole nitrogens is 1. The van der Waals surface area contributed by atoms with Crippen molar-refractivity contribution in [3.05, 3.63) is 65.3 Å². The summed E-state index contributed by atoms with van der Waals surface area (Å²) in [6, 6.07) is 14.8. The van der Waals surface area contributed by atoms with Gasteiger partial charge >= 0.3 is 0 Å². The first kappa shape index (κ1) is 20.9. The van der Waals surface area contributed by atoms with Crippen molar-refractivity contribution in [2.45, 2.75) is 12.8 Å². The van der Waals surface area contributed by atoms with Crippen molar-refractivity contribution in [1.29, 1.82) is 0 Å². The van der Waals surface area contributed by atoms with Crippen molar-refractivity contribution in [2.75, 3.05) is 24.5 Å². The molecule has 1 fully saturated rings. The second-order valence-corrected chi connectivity index (χ2v) is 8.00. The number of aromatic amines is 1. The van der Waals surface area contributed by atoms with Crippen molar-refractivity contribution in [3.8, 4) is 0 Å². The molecule has 3 amide bonds. The van der Waals surface area contributed by atoms with Crippen LogP contribution in [0.2, 0.25) is 5.02 Å². The number of carbonyl (C=O) groups is 3. The molecule has 7 nitrogen and oxygen atoms in total. The number of para-hydroxylation sites is 1. The maximum absolute atomic E-state index is 12.4. The second kappa shape index (κ2) is 9.22. The molecule has 3 N–H and O–H groups in total. The Hall–Kier alpha value is -3.32. The van der Waals surface area contributed by atoms with E-state index in [-0.39, 0.29) is 30.6 Å². The number of amides is 3. The molecule has 0 saturated carbocycles. The minimum atomic E-state index is -0.412. The fraction of sp³-hybridized carbons (Fsp3) is 0.261. The van der Waals surface area contributed by atoms with Gasteiger partial charge in [0.25, 0.3) is 0 Å². The van der Waals surface area contributed by atoms with E-state index in [0.717, 1.165) is 22.2 Å². The van der Waals surface area contributed by atoms with Crippen molar-refractivity contribution >= 4 is 45.9 Å². The van der Waals surface area contributed by atoms with Gasteiger partial charge < -0.3 is 20.5 Å². The van der Waals surface area contributed by atoms with Crippen LogP contribution in [0.3, 0.4) is 0 Å². The standard InChI is InChI=1S/C23H23ClN4O3/c24-17-5-7-18(8-6-17)28-14-16(12-22(28)30)23(31)26-10-9-25-21(29)11-15-13-27-20-4-2-1-3-19(15)20/h1-8,13,16,27H,9-12,14H2,(H,25,29)(H,26,31). The van der Waals surface area contributed by atoms with Gasteiger partial charge in [-0.3, -0.25) is 14.4 Å². The van der Waals surface area contributed by atoms with Crippen molar-refractivity contribution in [2.24, 2.45) is 5.92 Å². The van der Waals surface area contributed by atoms with Crippen LogP contribution >= 0.6 is 11.6 Å². The van der Waals surface area contributed by atoms with Crippen LogP contribution in [0.1, 0.15) is 12.0 Å². The molecule has 0 spiro atoms. The highest BCUT2D eigenvalue weighted by Crippen LogP contribution is 2.26. The summed E-state index contributed by atoms with van der Waals surface area (Å²) in [5.41, 5.74) is 2.66. The number of halogens is 1. The average Bonchev–Trinajstić information content (AvgIpc) is 3.35. The number of rotatable bonds is 7. The Kier molecular flexibility index (Phi) is 6.23. The normalized spacial score (nSPS) is 16.0. The molecule has 1 atom stereocenters. The Labute approximate surface area is 184 Å². The lowest BCUT2D eigenvalue weighted by molar-refractivity contribution is -0.126. The van der Waals surface area contributed by atoms with Gasteiger partial charge in [-0.2, -0.15) is 0 Å². The van der Waals surface area contributed by atoms with Crippen LogP contribution in [-0.4, -0.2) is 42.3 Å². The van der Waals surface area contributed by atoms with E-state index in [1.165, 1.54) is 0 Å². The molecule has 160 valence electrons. The quantitative estimate of drug-likeness (QED) is 0.495. The van der Waals surface area contributed by atoms with Gasteiger partial charge in [-0.05, 0) is 35.9 Å². The van der Waals surface area contributed by atoms with E-state index in [2.05, 4.69) is 15.6 Å². The van der Waals surface area contributed by atoms with Crippen LogP contribution in [0.4, 0.5) is 5.69 Å². The van der Waals surface area contributed by atoms with Crippen LogP contribution in [0.5, 0.6) is 0 Å². The van der Waals surface area contributed by atoms with Crippen LogP contribution in [0, 0.1) is 5.92 Å². The zero-order valence-corrected chi connectivity index (χ0v) is 17.6. The van der Waals surface area contributed by atoms with Crippen LogP contribution in [-0.2, 0) is 20.8 Å². The maximum atomic E-state index is 12.4. The van der Waals surface area contributed by atoms with Gasteiger partial charge in [0, 0.05) is 53.9 Å². The number of nitrogens with one attached hydrogen (secondary N) is 3. The Morgan fingerprint density at radius 1 is 1.06 bits per heavy atom. The number of hydrogen-bond acceptors (Lipinski definition) is 3. The fourth-order valence-corrected chi connectivity index (χ4v) is 3.93. The van der Waals surface area contributed by atoms with E-state index in [1.54, 1.807) is 29.2 Å². The SMILES string of the molecule is O=C(Cc1c[nH]c2ccccc12)NCCNC(=O)C1CC(=O)N(c2ccc(Cl)cc2)C1. The van der Waals surface area contributed by atoms with E-state index >= 15 is 0 Å². The molecule has 1 aliphatic heterocycles. The topological polar surface area (TPSA) is 94.3 Å². The molecule has 4 rings (SSSR count). The van der Waals surface area contributed by atoms with Gasteiger partial charge in [0.05, 0.1) is 12.3 Å². The number of carbonyl (C=O) groups excluding carboxylic acids is 3. The van der Waals surface area contributed by atoms with E-state index in [4.69, 9.17) is 11.6 Å². The summed E-state index contributed by atoms with van der Waals surface area (Å²) in [7, 11) is 0.